The van der Waals surface area contributed by atoms with Crippen LogP contribution in [-0.2, 0) is 4.74 Å². The van der Waals surface area contributed by atoms with E-state index in [1.807, 2.05) is 0 Å². The van der Waals surface area contributed by atoms with Crippen LogP contribution in [-0.4, -0.2) is 37.2 Å². The minimum absolute atomic E-state index is 0.798. The minimum Gasteiger partial charge on any atom is -0.380 e. The van der Waals surface area contributed by atoms with Crippen LogP contribution >= 0.6 is 0 Å². The van der Waals surface area contributed by atoms with E-state index in [9.17, 15) is 0 Å². The van der Waals surface area contributed by atoms with Crippen LogP contribution in [0.2, 0.25) is 0 Å². The van der Waals surface area contributed by atoms with Crippen molar-refractivity contribution in [2.45, 2.75) is 45.6 Å². The molecular weight excluding hydrogens is 162 g/mol. The zero-order chi connectivity index (χ0) is 9.52. The molecule has 2 nitrogen and oxygen atoms in total. The predicted molar refractivity (Wildman–Crippen MR) is 56.0 cm³/mol. The average molecular weight is 185 g/mol. The molecule has 1 aliphatic heterocycles. The van der Waals surface area contributed by atoms with E-state index in [2.05, 4.69) is 18.7 Å². The molecule has 1 heterocycles. The van der Waals surface area contributed by atoms with E-state index >= 15 is 0 Å². The summed E-state index contributed by atoms with van der Waals surface area (Å²) in [5, 5.41) is 0. The van der Waals surface area contributed by atoms with Crippen LogP contribution in [0.5, 0.6) is 0 Å². The van der Waals surface area contributed by atoms with Gasteiger partial charge in [0.25, 0.3) is 0 Å². The molecule has 1 unspecified atom stereocenters. The fourth-order valence-electron chi connectivity index (χ4n) is 2.11. The van der Waals surface area contributed by atoms with Crippen molar-refractivity contribution in [1.29, 1.82) is 0 Å². The molecule has 0 amide bonds. The molecule has 2 heteroatoms. The number of hydrogen-bond donors (Lipinski definition) is 0. The van der Waals surface area contributed by atoms with Crippen LogP contribution < -0.4 is 0 Å². The molecular formula is C11H23NO. The van der Waals surface area contributed by atoms with Gasteiger partial charge in [-0.25, -0.2) is 0 Å². The van der Waals surface area contributed by atoms with Crippen molar-refractivity contribution >= 4 is 0 Å². The number of hydrogen-bond acceptors (Lipinski definition) is 2. The molecule has 1 aliphatic rings. The summed E-state index contributed by atoms with van der Waals surface area (Å²) in [6.07, 6.45) is 5.14. The first kappa shape index (κ1) is 11.0. The first-order valence-electron chi connectivity index (χ1n) is 5.70. The molecule has 0 aromatic heterocycles. The molecule has 1 rings (SSSR count). The van der Waals surface area contributed by atoms with E-state index in [0.717, 1.165) is 25.8 Å². The summed E-state index contributed by atoms with van der Waals surface area (Å²) in [4.78, 5) is 2.61. The van der Waals surface area contributed by atoms with Gasteiger partial charge in [-0.05, 0) is 19.3 Å². The SMILES string of the molecule is CCCC(CC)N1CCCOCC1. The third-order valence-electron chi connectivity index (χ3n) is 2.87. The Morgan fingerprint density at radius 3 is 2.77 bits per heavy atom. The van der Waals surface area contributed by atoms with Crippen LogP contribution in [0.25, 0.3) is 0 Å². The Bertz CT molecular complexity index is 119. The van der Waals surface area contributed by atoms with E-state index in [-0.39, 0.29) is 0 Å². The van der Waals surface area contributed by atoms with Gasteiger partial charge in [-0.1, -0.05) is 20.3 Å². The highest BCUT2D eigenvalue weighted by atomic mass is 16.5. The molecule has 0 saturated carbocycles. The van der Waals surface area contributed by atoms with E-state index < -0.39 is 0 Å². The Hall–Kier alpha value is -0.0800. The van der Waals surface area contributed by atoms with Gasteiger partial charge in [-0.3, -0.25) is 4.90 Å². The third kappa shape index (κ3) is 3.65. The zero-order valence-electron chi connectivity index (χ0n) is 9.09. The Morgan fingerprint density at radius 1 is 1.23 bits per heavy atom. The molecule has 1 atom stereocenters. The molecule has 1 fully saturated rings. The summed E-state index contributed by atoms with van der Waals surface area (Å²) in [6, 6.07) is 0.798. The maximum absolute atomic E-state index is 5.46. The van der Waals surface area contributed by atoms with Crippen molar-refractivity contribution in [3.05, 3.63) is 0 Å². The number of ether oxygens (including phenoxy) is 1. The molecule has 0 aromatic rings. The summed E-state index contributed by atoms with van der Waals surface area (Å²) >= 11 is 0. The molecule has 0 N–H and O–H groups in total. The quantitative estimate of drug-likeness (QED) is 0.666. The molecule has 13 heavy (non-hydrogen) atoms. The number of rotatable bonds is 4. The van der Waals surface area contributed by atoms with Crippen molar-refractivity contribution in [1.82, 2.24) is 4.90 Å². The van der Waals surface area contributed by atoms with Gasteiger partial charge in [0.15, 0.2) is 0 Å². The smallest absolute Gasteiger partial charge is 0.0593 e. The second-order valence-corrected chi connectivity index (χ2v) is 3.85. The van der Waals surface area contributed by atoms with E-state index in [4.69, 9.17) is 4.74 Å². The lowest BCUT2D eigenvalue weighted by molar-refractivity contribution is 0.128. The van der Waals surface area contributed by atoms with Crippen LogP contribution in [0, 0.1) is 0 Å². The van der Waals surface area contributed by atoms with Gasteiger partial charge in [0.1, 0.15) is 0 Å². The summed E-state index contributed by atoms with van der Waals surface area (Å²) in [7, 11) is 0. The number of nitrogens with zero attached hydrogens (tertiary/aromatic N) is 1. The monoisotopic (exact) mass is 185 g/mol. The first-order valence-corrected chi connectivity index (χ1v) is 5.70. The van der Waals surface area contributed by atoms with Crippen LogP contribution in [0.3, 0.4) is 0 Å². The van der Waals surface area contributed by atoms with Gasteiger partial charge in [0, 0.05) is 25.7 Å². The van der Waals surface area contributed by atoms with Crippen LogP contribution in [0.4, 0.5) is 0 Å². The van der Waals surface area contributed by atoms with Gasteiger partial charge in [-0.2, -0.15) is 0 Å². The van der Waals surface area contributed by atoms with E-state index in [0.29, 0.717) is 0 Å². The molecule has 1 saturated heterocycles. The molecule has 0 aliphatic carbocycles. The van der Waals surface area contributed by atoms with Crippen molar-refractivity contribution in [2.75, 3.05) is 26.3 Å². The van der Waals surface area contributed by atoms with Gasteiger partial charge in [0.05, 0.1) is 6.61 Å². The Labute approximate surface area is 82.3 Å². The van der Waals surface area contributed by atoms with Gasteiger partial charge in [0.2, 0.25) is 0 Å². The van der Waals surface area contributed by atoms with Crippen LogP contribution in [0.1, 0.15) is 39.5 Å². The standard InChI is InChI=1S/C11H23NO/c1-3-6-11(4-2)12-7-5-9-13-10-8-12/h11H,3-10H2,1-2H3. The Kier molecular flexibility index (Phi) is 5.40. The fraction of sp³-hybridized carbons (Fsp3) is 1.00. The highest BCUT2D eigenvalue weighted by Gasteiger charge is 2.16. The summed E-state index contributed by atoms with van der Waals surface area (Å²) in [5.41, 5.74) is 0. The van der Waals surface area contributed by atoms with Crippen molar-refractivity contribution < 1.29 is 4.74 Å². The zero-order valence-corrected chi connectivity index (χ0v) is 9.09. The molecule has 78 valence electrons. The lowest BCUT2D eigenvalue weighted by Crippen LogP contribution is -2.36. The molecule has 0 aromatic carbocycles. The highest BCUT2D eigenvalue weighted by molar-refractivity contribution is 4.71. The first-order chi connectivity index (χ1) is 6.38. The lowest BCUT2D eigenvalue weighted by atomic mass is 10.1. The topological polar surface area (TPSA) is 12.5 Å². The largest absolute Gasteiger partial charge is 0.380 e. The summed E-state index contributed by atoms with van der Waals surface area (Å²) in [5.74, 6) is 0. The normalized spacial score (nSPS) is 22.6. The Morgan fingerprint density at radius 2 is 2.08 bits per heavy atom. The van der Waals surface area contributed by atoms with E-state index in [1.54, 1.807) is 0 Å². The maximum atomic E-state index is 5.46. The van der Waals surface area contributed by atoms with Gasteiger partial charge < -0.3 is 4.74 Å². The Balaban J connectivity index is 2.35. The van der Waals surface area contributed by atoms with Gasteiger partial charge >= 0.3 is 0 Å². The molecule has 0 bridgehead atoms. The highest BCUT2D eigenvalue weighted by Crippen LogP contribution is 2.12. The molecule has 0 radical (unpaired) electrons. The predicted octanol–water partition coefficient (Wildman–Crippen LogP) is 2.29. The summed E-state index contributed by atoms with van der Waals surface area (Å²) < 4.78 is 5.46. The van der Waals surface area contributed by atoms with Crippen molar-refractivity contribution in [2.24, 2.45) is 0 Å². The van der Waals surface area contributed by atoms with Crippen LogP contribution in [0.15, 0.2) is 0 Å². The second-order valence-electron chi connectivity index (χ2n) is 3.85. The second kappa shape index (κ2) is 6.39. The van der Waals surface area contributed by atoms with Crippen molar-refractivity contribution in [3.8, 4) is 0 Å². The lowest BCUT2D eigenvalue weighted by Gasteiger charge is -2.28. The minimum atomic E-state index is 0.798. The summed E-state index contributed by atoms with van der Waals surface area (Å²) in [6.45, 7) is 8.83. The average Bonchev–Trinajstić information content (AvgIpc) is 2.42. The maximum Gasteiger partial charge on any atom is 0.0593 e. The van der Waals surface area contributed by atoms with E-state index in [1.165, 1.54) is 32.2 Å². The third-order valence-corrected chi connectivity index (χ3v) is 2.87. The van der Waals surface area contributed by atoms with Crippen molar-refractivity contribution in [3.63, 3.8) is 0 Å². The van der Waals surface area contributed by atoms with Gasteiger partial charge in [-0.15, -0.1) is 0 Å². The molecule has 0 spiro atoms. The fourth-order valence-corrected chi connectivity index (χ4v) is 2.11.